The highest BCUT2D eigenvalue weighted by atomic mass is 31.0. The van der Waals surface area contributed by atoms with E-state index < -0.39 is 0 Å². The van der Waals surface area contributed by atoms with Crippen LogP contribution >= 0.6 is 9.24 Å². The maximum Gasteiger partial charge on any atom is 0.0755 e. The highest BCUT2D eigenvalue weighted by Crippen LogP contribution is 2.07. The van der Waals surface area contributed by atoms with Crippen molar-refractivity contribution in [3.8, 4) is 0 Å². The van der Waals surface area contributed by atoms with Gasteiger partial charge in [-0.05, 0) is 31.8 Å². The van der Waals surface area contributed by atoms with Crippen LogP contribution in [0.2, 0.25) is 0 Å². The molecule has 0 rings (SSSR count). The van der Waals surface area contributed by atoms with Gasteiger partial charge in [-0.15, -0.1) is 9.24 Å². The van der Waals surface area contributed by atoms with Gasteiger partial charge in [-0.2, -0.15) is 0 Å². The maximum absolute atomic E-state index is 5.74. The van der Waals surface area contributed by atoms with E-state index in [1.807, 2.05) is 0 Å². The van der Waals surface area contributed by atoms with Gasteiger partial charge in [-0.25, -0.2) is 0 Å². The van der Waals surface area contributed by atoms with Crippen LogP contribution in [0, 0.1) is 0 Å². The van der Waals surface area contributed by atoms with Crippen molar-refractivity contribution in [2.24, 2.45) is 0 Å². The van der Waals surface area contributed by atoms with Crippen LogP contribution in [0.15, 0.2) is 12.2 Å². The van der Waals surface area contributed by atoms with E-state index in [-0.39, 0.29) is 0 Å². The Kier molecular flexibility index (Phi) is 11.3. The first kappa shape index (κ1) is 14.1. The summed E-state index contributed by atoms with van der Waals surface area (Å²) >= 11 is 0. The Bertz CT molecular complexity index is 126. The number of hydrogen-bond acceptors (Lipinski definition) is 1. The van der Waals surface area contributed by atoms with Crippen molar-refractivity contribution in [3.63, 3.8) is 0 Å². The van der Waals surface area contributed by atoms with Gasteiger partial charge in [-0.1, -0.05) is 32.4 Å². The summed E-state index contributed by atoms with van der Waals surface area (Å²) in [4.78, 5) is 0. The van der Waals surface area contributed by atoms with Gasteiger partial charge in [-0.3, -0.25) is 0 Å². The summed E-state index contributed by atoms with van der Waals surface area (Å²) in [5.74, 6) is 0. The van der Waals surface area contributed by atoms with Crippen LogP contribution in [-0.4, -0.2) is 18.9 Å². The summed E-state index contributed by atoms with van der Waals surface area (Å²) in [6, 6.07) is 0. The largest absolute Gasteiger partial charge is 0.374 e. The van der Waals surface area contributed by atoms with E-state index in [1.54, 1.807) is 0 Å². The average molecular weight is 216 g/mol. The van der Waals surface area contributed by atoms with Gasteiger partial charge in [0.2, 0.25) is 0 Å². The molecule has 0 spiro atoms. The standard InChI is InChI=1S/C12H25OP/c1-3-5-6-8-12(9-7-11-14)13-10-4-2/h6,8,12H,3-5,7,9-11,14H2,1-2H3. The smallest absolute Gasteiger partial charge is 0.0755 e. The monoisotopic (exact) mass is 216 g/mol. The molecular formula is C12H25OP. The molecule has 84 valence electrons. The van der Waals surface area contributed by atoms with Gasteiger partial charge in [0, 0.05) is 6.61 Å². The van der Waals surface area contributed by atoms with Crippen molar-refractivity contribution in [3.05, 3.63) is 12.2 Å². The Morgan fingerprint density at radius 3 is 2.64 bits per heavy atom. The number of ether oxygens (including phenoxy) is 1. The van der Waals surface area contributed by atoms with Crippen molar-refractivity contribution >= 4 is 9.24 Å². The molecule has 0 amide bonds. The Hall–Kier alpha value is 0.130. The summed E-state index contributed by atoms with van der Waals surface area (Å²) in [6.45, 7) is 5.25. The van der Waals surface area contributed by atoms with Crippen LogP contribution in [0.5, 0.6) is 0 Å². The number of unbranched alkanes of at least 4 members (excludes halogenated alkanes) is 1. The zero-order chi connectivity index (χ0) is 10.6. The molecule has 0 N–H and O–H groups in total. The molecule has 0 radical (unpaired) electrons. The van der Waals surface area contributed by atoms with E-state index in [1.165, 1.54) is 25.4 Å². The molecule has 0 aromatic carbocycles. The van der Waals surface area contributed by atoms with Crippen LogP contribution in [0.25, 0.3) is 0 Å². The van der Waals surface area contributed by atoms with E-state index in [0.717, 1.165) is 19.4 Å². The second-order valence-corrected chi connectivity index (χ2v) is 4.13. The zero-order valence-corrected chi connectivity index (χ0v) is 10.8. The summed E-state index contributed by atoms with van der Waals surface area (Å²) in [5.41, 5.74) is 0. The molecule has 0 aliphatic heterocycles. The Balaban J connectivity index is 3.71. The normalized spacial score (nSPS) is 13.6. The lowest BCUT2D eigenvalue weighted by Crippen LogP contribution is -2.10. The molecule has 0 aliphatic carbocycles. The number of allylic oxidation sites excluding steroid dienone is 1. The third-order valence-electron chi connectivity index (χ3n) is 2.03. The van der Waals surface area contributed by atoms with E-state index in [4.69, 9.17) is 4.74 Å². The molecule has 0 aromatic rings. The second-order valence-electron chi connectivity index (χ2n) is 3.56. The molecule has 14 heavy (non-hydrogen) atoms. The van der Waals surface area contributed by atoms with Crippen molar-refractivity contribution in [1.82, 2.24) is 0 Å². The Morgan fingerprint density at radius 1 is 1.29 bits per heavy atom. The van der Waals surface area contributed by atoms with Gasteiger partial charge in [0.05, 0.1) is 6.10 Å². The summed E-state index contributed by atoms with van der Waals surface area (Å²) in [7, 11) is 2.77. The lowest BCUT2D eigenvalue weighted by Gasteiger charge is -2.12. The average Bonchev–Trinajstić information content (AvgIpc) is 2.21. The maximum atomic E-state index is 5.74. The van der Waals surface area contributed by atoms with Crippen molar-refractivity contribution in [2.75, 3.05) is 12.8 Å². The fourth-order valence-corrected chi connectivity index (χ4v) is 1.47. The highest BCUT2D eigenvalue weighted by Gasteiger charge is 2.02. The molecule has 0 bridgehead atoms. The molecule has 2 unspecified atom stereocenters. The molecule has 2 heteroatoms. The minimum Gasteiger partial charge on any atom is -0.374 e. The molecule has 0 fully saturated rings. The Morgan fingerprint density at radius 2 is 2.07 bits per heavy atom. The third-order valence-corrected chi connectivity index (χ3v) is 2.44. The fourth-order valence-electron chi connectivity index (χ4n) is 1.24. The van der Waals surface area contributed by atoms with Gasteiger partial charge >= 0.3 is 0 Å². The predicted molar refractivity (Wildman–Crippen MR) is 67.9 cm³/mol. The second kappa shape index (κ2) is 11.2. The van der Waals surface area contributed by atoms with Crippen LogP contribution in [0.3, 0.4) is 0 Å². The number of rotatable bonds is 9. The molecular weight excluding hydrogens is 191 g/mol. The fraction of sp³-hybridized carbons (Fsp3) is 0.833. The van der Waals surface area contributed by atoms with E-state index in [0.29, 0.717) is 6.10 Å². The van der Waals surface area contributed by atoms with Gasteiger partial charge in [0.1, 0.15) is 0 Å². The molecule has 0 aliphatic rings. The van der Waals surface area contributed by atoms with Crippen LogP contribution in [-0.2, 0) is 4.74 Å². The van der Waals surface area contributed by atoms with Gasteiger partial charge in [0.25, 0.3) is 0 Å². The van der Waals surface area contributed by atoms with Crippen LogP contribution in [0.1, 0.15) is 46.0 Å². The van der Waals surface area contributed by atoms with E-state index in [2.05, 4.69) is 35.2 Å². The third kappa shape index (κ3) is 8.72. The summed E-state index contributed by atoms with van der Waals surface area (Å²) in [5, 5.41) is 0. The van der Waals surface area contributed by atoms with Crippen molar-refractivity contribution < 1.29 is 4.74 Å². The first-order valence-corrected chi connectivity index (χ1v) is 6.65. The topological polar surface area (TPSA) is 9.23 Å². The molecule has 1 nitrogen and oxygen atoms in total. The Labute approximate surface area is 91.5 Å². The van der Waals surface area contributed by atoms with Crippen LogP contribution in [0.4, 0.5) is 0 Å². The zero-order valence-electron chi connectivity index (χ0n) is 9.67. The summed E-state index contributed by atoms with van der Waals surface area (Å²) in [6.07, 6.45) is 11.9. The quantitative estimate of drug-likeness (QED) is 0.421. The summed E-state index contributed by atoms with van der Waals surface area (Å²) < 4.78 is 5.74. The van der Waals surface area contributed by atoms with Gasteiger partial charge in [0.15, 0.2) is 0 Å². The SMILES string of the molecule is CCCC=CC(CCCP)OCCC. The minimum absolute atomic E-state index is 0.349. The lowest BCUT2D eigenvalue weighted by molar-refractivity contribution is 0.0795. The molecule has 0 saturated carbocycles. The lowest BCUT2D eigenvalue weighted by atomic mass is 10.2. The first-order chi connectivity index (χ1) is 6.85. The van der Waals surface area contributed by atoms with Crippen LogP contribution < -0.4 is 0 Å². The van der Waals surface area contributed by atoms with E-state index in [9.17, 15) is 0 Å². The van der Waals surface area contributed by atoms with Crippen molar-refractivity contribution in [2.45, 2.75) is 52.1 Å². The molecule has 0 saturated heterocycles. The van der Waals surface area contributed by atoms with E-state index >= 15 is 0 Å². The van der Waals surface area contributed by atoms with Gasteiger partial charge < -0.3 is 4.74 Å². The van der Waals surface area contributed by atoms with Crippen molar-refractivity contribution in [1.29, 1.82) is 0 Å². The molecule has 2 atom stereocenters. The minimum atomic E-state index is 0.349. The molecule has 0 aromatic heterocycles. The highest BCUT2D eigenvalue weighted by molar-refractivity contribution is 7.16. The predicted octanol–water partition coefficient (Wildman–Crippen LogP) is 3.79. The number of hydrogen-bond donors (Lipinski definition) is 0. The molecule has 0 heterocycles. The first-order valence-electron chi connectivity index (χ1n) is 5.83.